The minimum Gasteiger partial charge on any atom is -0.337 e. The van der Waals surface area contributed by atoms with E-state index in [1.165, 1.54) is 4.90 Å². The Labute approximate surface area is 110 Å². The Hall–Kier alpha value is -1.94. The van der Waals surface area contributed by atoms with Crippen LogP contribution in [0.25, 0.3) is 11.0 Å². The molecule has 90 valence electrons. The van der Waals surface area contributed by atoms with Gasteiger partial charge < -0.3 is 5.84 Å². The number of para-hydroxylation sites is 2. The van der Waals surface area contributed by atoms with Gasteiger partial charge >= 0.3 is 0 Å². The Kier molecular flexibility index (Phi) is 2.94. The first-order chi connectivity index (χ1) is 8.84. The highest BCUT2D eigenvalue weighted by molar-refractivity contribution is 7.98. The number of aromatic nitrogens is 2. The maximum Gasteiger partial charge on any atom is 0.138 e. The molecule has 1 heterocycles. The number of hydrogen-bond acceptors (Lipinski definition) is 3. The first-order valence-corrected chi connectivity index (χ1v) is 6.72. The van der Waals surface area contributed by atoms with E-state index in [1.807, 2.05) is 42.5 Å². The molecule has 18 heavy (non-hydrogen) atoms. The van der Waals surface area contributed by atoms with Crippen LogP contribution in [0.3, 0.4) is 0 Å². The monoisotopic (exact) mass is 255 g/mol. The molecular weight excluding hydrogens is 242 g/mol. The van der Waals surface area contributed by atoms with Crippen molar-refractivity contribution < 1.29 is 0 Å². The summed E-state index contributed by atoms with van der Waals surface area (Å²) < 4.78 is 1.67. The summed E-state index contributed by atoms with van der Waals surface area (Å²) in [5.41, 5.74) is 1.92. The molecule has 4 heteroatoms. The lowest BCUT2D eigenvalue weighted by molar-refractivity contribution is 0.942. The summed E-state index contributed by atoms with van der Waals surface area (Å²) in [6.45, 7) is 0. The second-order valence-electron chi connectivity index (χ2n) is 3.99. The average Bonchev–Trinajstić information content (AvgIpc) is 2.75. The molecule has 0 aliphatic heterocycles. The highest BCUT2D eigenvalue weighted by atomic mass is 32.2. The Bertz CT molecular complexity index is 661. The fourth-order valence-electron chi connectivity index (χ4n) is 1.86. The molecule has 0 radical (unpaired) electrons. The lowest BCUT2D eigenvalue weighted by atomic mass is 10.3. The van der Waals surface area contributed by atoms with Crippen molar-refractivity contribution in [2.24, 2.45) is 0 Å². The van der Waals surface area contributed by atoms with E-state index >= 15 is 0 Å². The van der Waals surface area contributed by atoms with E-state index in [4.69, 9.17) is 5.84 Å². The summed E-state index contributed by atoms with van der Waals surface area (Å²) in [5, 5.41) is 0. The number of nitrogens with two attached hydrogens (primary N) is 1. The highest BCUT2D eigenvalue weighted by Gasteiger charge is 2.07. The van der Waals surface area contributed by atoms with Gasteiger partial charge in [0.05, 0.1) is 16.8 Å². The van der Waals surface area contributed by atoms with Crippen molar-refractivity contribution in [1.29, 1.82) is 0 Å². The number of thioether (sulfide) groups is 1. The fourth-order valence-corrected chi connectivity index (χ4v) is 2.71. The third-order valence-electron chi connectivity index (χ3n) is 2.78. The molecule has 0 amide bonds. The molecular formula is C14H13N3S. The number of rotatable bonds is 3. The largest absolute Gasteiger partial charge is 0.337 e. The highest BCUT2D eigenvalue weighted by Crippen LogP contribution is 2.23. The second kappa shape index (κ2) is 4.74. The quantitative estimate of drug-likeness (QED) is 0.578. The summed E-state index contributed by atoms with van der Waals surface area (Å²) in [7, 11) is 0. The third kappa shape index (κ3) is 2.07. The van der Waals surface area contributed by atoms with Crippen LogP contribution in [0.4, 0.5) is 0 Å². The fraction of sp³-hybridized carbons (Fsp3) is 0.0714. The van der Waals surface area contributed by atoms with Crippen LogP contribution in [0, 0.1) is 0 Å². The zero-order valence-electron chi connectivity index (χ0n) is 9.78. The van der Waals surface area contributed by atoms with Gasteiger partial charge in [0, 0.05) is 4.90 Å². The first kappa shape index (κ1) is 11.2. The van der Waals surface area contributed by atoms with Crippen LogP contribution in [0.1, 0.15) is 5.82 Å². The number of nitrogens with zero attached hydrogens (tertiary/aromatic N) is 2. The molecule has 0 atom stereocenters. The number of nitrogen functional groups attached to an aromatic ring is 1. The van der Waals surface area contributed by atoms with Crippen LogP contribution in [-0.4, -0.2) is 9.66 Å². The summed E-state index contributed by atoms with van der Waals surface area (Å²) in [5.74, 6) is 7.71. The SMILES string of the molecule is Nn1c(CSc2ccccc2)nc2ccccc21. The smallest absolute Gasteiger partial charge is 0.138 e. The van der Waals surface area contributed by atoms with Gasteiger partial charge in [0.15, 0.2) is 0 Å². The van der Waals surface area contributed by atoms with Gasteiger partial charge in [-0.25, -0.2) is 9.66 Å². The van der Waals surface area contributed by atoms with Gasteiger partial charge in [-0.1, -0.05) is 30.3 Å². The van der Waals surface area contributed by atoms with Crippen LogP contribution in [0.2, 0.25) is 0 Å². The molecule has 0 unspecified atom stereocenters. The predicted molar refractivity (Wildman–Crippen MR) is 75.9 cm³/mol. The maximum atomic E-state index is 6.04. The number of hydrogen-bond donors (Lipinski definition) is 1. The minimum absolute atomic E-state index is 0.773. The number of imidazole rings is 1. The molecule has 0 saturated carbocycles. The maximum absolute atomic E-state index is 6.04. The van der Waals surface area contributed by atoms with Gasteiger partial charge in [-0.05, 0) is 24.3 Å². The molecule has 2 N–H and O–H groups in total. The van der Waals surface area contributed by atoms with Crippen molar-refractivity contribution in [2.75, 3.05) is 5.84 Å². The van der Waals surface area contributed by atoms with E-state index in [9.17, 15) is 0 Å². The van der Waals surface area contributed by atoms with Crippen molar-refractivity contribution >= 4 is 22.8 Å². The molecule has 0 aliphatic carbocycles. The predicted octanol–water partition coefficient (Wildman–Crippen LogP) is 3.04. The summed E-state index contributed by atoms with van der Waals surface area (Å²) >= 11 is 1.74. The normalized spacial score (nSPS) is 10.9. The average molecular weight is 255 g/mol. The molecule has 0 saturated heterocycles. The van der Waals surface area contributed by atoms with Crippen molar-refractivity contribution in [2.45, 2.75) is 10.6 Å². The molecule has 3 aromatic rings. The van der Waals surface area contributed by atoms with E-state index < -0.39 is 0 Å². The van der Waals surface area contributed by atoms with E-state index in [-0.39, 0.29) is 0 Å². The lowest BCUT2D eigenvalue weighted by Gasteiger charge is -2.02. The van der Waals surface area contributed by atoms with Gasteiger partial charge in [-0.2, -0.15) is 0 Å². The lowest BCUT2D eigenvalue weighted by Crippen LogP contribution is -2.11. The molecule has 0 aliphatic rings. The zero-order chi connectivity index (χ0) is 12.4. The van der Waals surface area contributed by atoms with Gasteiger partial charge in [-0.15, -0.1) is 11.8 Å². The molecule has 0 spiro atoms. The molecule has 0 fully saturated rings. The molecule has 3 nitrogen and oxygen atoms in total. The Balaban J connectivity index is 1.85. The minimum atomic E-state index is 0.773. The van der Waals surface area contributed by atoms with Gasteiger partial charge in [-0.3, -0.25) is 0 Å². The van der Waals surface area contributed by atoms with Crippen LogP contribution >= 0.6 is 11.8 Å². The Morgan fingerprint density at radius 2 is 1.72 bits per heavy atom. The Morgan fingerprint density at radius 3 is 2.50 bits per heavy atom. The van der Waals surface area contributed by atoms with Crippen molar-refractivity contribution in [3.63, 3.8) is 0 Å². The molecule has 1 aromatic heterocycles. The topological polar surface area (TPSA) is 43.8 Å². The molecule has 3 rings (SSSR count). The first-order valence-electron chi connectivity index (χ1n) is 5.74. The summed E-state index contributed by atoms with van der Waals surface area (Å²) in [6.07, 6.45) is 0. The van der Waals surface area contributed by atoms with Crippen molar-refractivity contribution in [3.05, 3.63) is 60.4 Å². The van der Waals surface area contributed by atoms with Crippen molar-refractivity contribution in [1.82, 2.24) is 9.66 Å². The van der Waals surface area contributed by atoms with E-state index in [0.29, 0.717) is 0 Å². The van der Waals surface area contributed by atoms with Crippen LogP contribution in [-0.2, 0) is 5.75 Å². The van der Waals surface area contributed by atoms with Gasteiger partial charge in [0.2, 0.25) is 0 Å². The summed E-state index contributed by atoms with van der Waals surface area (Å²) in [4.78, 5) is 5.77. The van der Waals surface area contributed by atoms with E-state index in [0.717, 1.165) is 22.6 Å². The third-order valence-corrected chi connectivity index (χ3v) is 3.79. The van der Waals surface area contributed by atoms with E-state index in [1.54, 1.807) is 16.4 Å². The van der Waals surface area contributed by atoms with E-state index in [2.05, 4.69) is 17.1 Å². The van der Waals surface area contributed by atoms with Crippen LogP contribution in [0.5, 0.6) is 0 Å². The van der Waals surface area contributed by atoms with Crippen LogP contribution in [0.15, 0.2) is 59.5 Å². The van der Waals surface area contributed by atoms with Crippen LogP contribution < -0.4 is 5.84 Å². The zero-order valence-corrected chi connectivity index (χ0v) is 10.6. The second-order valence-corrected chi connectivity index (χ2v) is 5.04. The number of fused-ring (bicyclic) bond motifs is 1. The van der Waals surface area contributed by atoms with Crippen molar-refractivity contribution in [3.8, 4) is 0 Å². The molecule has 2 aromatic carbocycles. The number of benzene rings is 2. The Morgan fingerprint density at radius 1 is 1.00 bits per heavy atom. The standard InChI is InChI=1S/C14H13N3S/c15-17-13-9-5-4-8-12(13)16-14(17)10-18-11-6-2-1-3-7-11/h1-9H,10,15H2. The van der Waals surface area contributed by atoms with Gasteiger partial charge in [0.25, 0.3) is 0 Å². The molecule has 0 bridgehead atoms. The van der Waals surface area contributed by atoms with Gasteiger partial charge in [0.1, 0.15) is 5.82 Å². The summed E-state index contributed by atoms with van der Waals surface area (Å²) in [6, 6.07) is 18.2.